The van der Waals surface area contributed by atoms with E-state index in [1.54, 1.807) is 13.7 Å². The summed E-state index contributed by atoms with van der Waals surface area (Å²) in [6.45, 7) is 2.06. The molecule has 1 atom stereocenters. The van der Waals surface area contributed by atoms with Gasteiger partial charge in [0.2, 0.25) is 0 Å². The van der Waals surface area contributed by atoms with Gasteiger partial charge in [0, 0.05) is 5.56 Å². The van der Waals surface area contributed by atoms with Gasteiger partial charge in [0.1, 0.15) is 0 Å². The van der Waals surface area contributed by atoms with Crippen LogP contribution >= 0.6 is 9.24 Å². The molecule has 0 aromatic heterocycles. The maximum atomic E-state index is 4.87. The Bertz CT molecular complexity index is 351. The van der Waals surface area contributed by atoms with E-state index in [2.05, 4.69) is 33.5 Å². The van der Waals surface area contributed by atoms with Gasteiger partial charge in [0.15, 0.2) is 0 Å². The van der Waals surface area contributed by atoms with E-state index in [-0.39, 0.29) is 0 Å². The van der Waals surface area contributed by atoms with Crippen LogP contribution in [0.4, 0.5) is 0 Å². The van der Waals surface area contributed by atoms with Gasteiger partial charge in [-0.05, 0) is 17.7 Å². The number of hydrogen-bond donors (Lipinski definition) is 0. The second-order valence-electron chi connectivity index (χ2n) is 2.76. The van der Waals surface area contributed by atoms with Crippen LogP contribution in [-0.4, -0.2) is 13.7 Å². The van der Waals surface area contributed by atoms with Gasteiger partial charge in [0.05, 0.1) is 6.21 Å². The van der Waals surface area contributed by atoms with E-state index in [0.29, 0.717) is 0 Å². The highest BCUT2D eigenvalue weighted by molar-refractivity contribution is 7.27. The Hall–Kier alpha value is -0.815. The van der Waals surface area contributed by atoms with Crippen molar-refractivity contribution >= 4 is 33.7 Å². The Morgan fingerprint density at radius 1 is 1.50 bits per heavy atom. The van der Waals surface area contributed by atoms with Crippen LogP contribution in [0, 0.1) is 6.92 Å². The van der Waals surface area contributed by atoms with Gasteiger partial charge in [0.25, 0.3) is 0 Å². The van der Waals surface area contributed by atoms with Crippen molar-refractivity contribution in [3.63, 3.8) is 0 Å². The fourth-order valence-corrected chi connectivity index (χ4v) is 1.56. The molecule has 0 saturated heterocycles. The van der Waals surface area contributed by atoms with Gasteiger partial charge in [-0.25, -0.2) is 0 Å². The van der Waals surface area contributed by atoms with Crippen molar-refractivity contribution in [3.05, 3.63) is 23.3 Å². The molecule has 1 heterocycles. The summed E-state index contributed by atoms with van der Waals surface area (Å²) in [5.74, 6) is 0. The zero-order valence-corrected chi connectivity index (χ0v) is 7.90. The lowest BCUT2D eigenvalue weighted by Gasteiger charge is -2.13. The molecule has 2 rings (SSSR count). The van der Waals surface area contributed by atoms with Gasteiger partial charge >= 0.3 is 7.48 Å². The Balaban J connectivity index is 2.67. The van der Waals surface area contributed by atoms with Crippen molar-refractivity contribution in [3.8, 4) is 0 Å². The molecule has 0 bridgehead atoms. The van der Waals surface area contributed by atoms with Crippen LogP contribution in [0.3, 0.4) is 0 Å². The summed E-state index contributed by atoms with van der Waals surface area (Å²) in [4.78, 5) is 0. The van der Waals surface area contributed by atoms with E-state index in [1.165, 1.54) is 5.56 Å². The molecule has 0 fully saturated rings. The SMILES string of the molecule is Cc1ccc(P)c2c1[B]ON=C2. The number of fused-ring (bicyclic) bond motifs is 1. The highest BCUT2D eigenvalue weighted by Crippen LogP contribution is 2.03. The molecule has 12 heavy (non-hydrogen) atoms. The largest absolute Gasteiger partial charge is 0.468 e. The number of benzene rings is 1. The topological polar surface area (TPSA) is 21.6 Å². The molecular formula is C8H8BNOP. The van der Waals surface area contributed by atoms with Crippen molar-refractivity contribution in [1.82, 2.24) is 0 Å². The zero-order chi connectivity index (χ0) is 8.55. The van der Waals surface area contributed by atoms with E-state index in [4.69, 9.17) is 4.76 Å². The van der Waals surface area contributed by atoms with Gasteiger partial charge in [-0.3, -0.25) is 0 Å². The van der Waals surface area contributed by atoms with Crippen molar-refractivity contribution in [1.29, 1.82) is 0 Å². The predicted molar refractivity (Wildman–Crippen MR) is 54.6 cm³/mol. The molecule has 1 aromatic rings. The minimum Gasteiger partial charge on any atom is -0.468 e. The van der Waals surface area contributed by atoms with Gasteiger partial charge in [-0.15, -0.1) is 14.4 Å². The van der Waals surface area contributed by atoms with Gasteiger partial charge < -0.3 is 4.76 Å². The maximum absolute atomic E-state index is 4.87. The normalized spacial score (nSPS) is 13.2. The van der Waals surface area contributed by atoms with E-state index in [9.17, 15) is 0 Å². The number of nitrogens with zero attached hydrogens (tertiary/aromatic N) is 1. The quantitative estimate of drug-likeness (QED) is 0.405. The first-order chi connectivity index (χ1) is 5.79. The molecule has 59 valence electrons. The van der Waals surface area contributed by atoms with Crippen molar-refractivity contribution in [2.45, 2.75) is 6.92 Å². The number of rotatable bonds is 0. The Labute approximate surface area is 74.5 Å². The summed E-state index contributed by atoms with van der Waals surface area (Å²) in [5, 5.41) is 4.88. The van der Waals surface area contributed by atoms with Crippen molar-refractivity contribution in [2.24, 2.45) is 5.16 Å². The molecule has 1 radical (unpaired) electrons. The fraction of sp³-hybridized carbons (Fsp3) is 0.125. The molecule has 1 unspecified atom stereocenters. The standard InChI is InChI=1S/C8H8BNOP/c1-5-2-3-7(12)6-4-10-11-9-8(5)6/h2-4H,12H2,1H3. The average Bonchev–Trinajstić information content (AvgIpc) is 2.12. The summed E-state index contributed by atoms with van der Waals surface area (Å²) in [6, 6.07) is 4.13. The molecule has 0 amide bonds. The molecule has 1 aromatic carbocycles. The van der Waals surface area contributed by atoms with Crippen LogP contribution in [-0.2, 0) is 4.76 Å². The number of hydrogen-bond acceptors (Lipinski definition) is 2. The third-order valence-corrected chi connectivity index (χ3v) is 2.46. The molecule has 4 heteroatoms. The van der Waals surface area contributed by atoms with Crippen LogP contribution in [0.2, 0.25) is 0 Å². The fourth-order valence-electron chi connectivity index (χ4n) is 1.23. The van der Waals surface area contributed by atoms with E-state index < -0.39 is 0 Å². The minimum atomic E-state index is 1.12. The highest BCUT2D eigenvalue weighted by atomic mass is 31.0. The molecule has 1 aliphatic heterocycles. The zero-order valence-electron chi connectivity index (χ0n) is 6.74. The highest BCUT2D eigenvalue weighted by Gasteiger charge is 2.13. The van der Waals surface area contributed by atoms with Gasteiger partial charge in [-0.2, -0.15) is 0 Å². The molecule has 2 nitrogen and oxygen atoms in total. The van der Waals surface area contributed by atoms with Crippen LogP contribution in [0.15, 0.2) is 17.3 Å². The van der Waals surface area contributed by atoms with E-state index >= 15 is 0 Å². The van der Waals surface area contributed by atoms with Crippen LogP contribution < -0.4 is 10.8 Å². The lowest BCUT2D eigenvalue weighted by molar-refractivity contribution is 0.370. The predicted octanol–water partition coefficient (Wildman–Crippen LogP) is 0.104. The average molecular weight is 176 g/mol. The van der Waals surface area contributed by atoms with Crippen molar-refractivity contribution in [2.75, 3.05) is 0 Å². The number of oxime groups is 1. The summed E-state index contributed by atoms with van der Waals surface area (Å²) in [6.07, 6.45) is 1.74. The first kappa shape index (κ1) is 7.81. The lowest BCUT2D eigenvalue weighted by atomic mass is 9.80. The molecule has 0 aliphatic carbocycles. The van der Waals surface area contributed by atoms with E-state index in [0.717, 1.165) is 16.3 Å². The van der Waals surface area contributed by atoms with Crippen LogP contribution in [0.5, 0.6) is 0 Å². The number of aryl methyl sites for hydroxylation is 1. The Morgan fingerprint density at radius 3 is 3.08 bits per heavy atom. The smallest absolute Gasteiger partial charge is 0.449 e. The van der Waals surface area contributed by atoms with Crippen molar-refractivity contribution < 1.29 is 4.76 Å². The summed E-state index contributed by atoms with van der Waals surface area (Å²) in [5.41, 5.74) is 3.46. The molecule has 0 N–H and O–H groups in total. The Kier molecular flexibility index (Phi) is 1.89. The first-order valence-corrected chi connectivity index (χ1v) is 4.28. The van der Waals surface area contributed by atoms with Gasteiger partial charge in [-0.1, -0.05) is 17.7 Å². The summed E-state index contributed by atoms with van der Waals surface area (Å²) < 4.78 is 4.87. The van der Waals surface area contributed by atoms with E-state index in [1.807, 2.05) is 0 Å². The molecule has 1 aliphatic rings. The first-order valence-electron chi connectivity index (χ1n) is 3.70. The third kappa shape index (κ3) is 1.14. The lowest BCUT2D eigenvalue weighted by Crippen LogP contribution is -2.31. The molecule has 0 saturated carbocycles. The minimum absolute atomic E-state index is 1.12. The second-order valence-corrected chi connectivity index (χ2v) is 3.38. The second kappa shape index (κ2) is 2.91. The van der Waals surface area contributed by atoms with Crippen LogP contribution in [0.25, 0.3) is 0 Å². The maximum Gasteiger partial charge on any atom is 0.449 e. The summed E-state index contributed by atoms with van der Waals surface area (Å²) in [7, 11) is 4.36. The Morgan fingerprint density at radius 2 is 2.33 bits per heavy atom. The summed E-state index contributed by atoms with van der Waals surface area (Å²) >= 11 is 0. The molecular weight excluding hydrogens is 168 g/mol. The molecule has 0 spiro atoms. The third-order valence-electron chi connectivity index (χ3n) is 1.95. The monoisotopic (exact) mass is 176 g/mol. The van der Waals surface area contributed by atoms with Crippen LogP contribution in [0.1, 0.15) is 11.1 Å².